The molecule has 20 heavy (non-hydrogen) atoms. The highest BCUT2D eigenvalue weighted by atomic mass is 19.3. The molecule has 0 spiro atoms. The van der Waals surface area contributed by atoms with Gasteiger partial charge in [0.15, 0.2) is 0 Å². The largest absolute Gasteiger partial charge is 0.435 e. The van der Waals surface area contributed by atoms with Gasteiger partial charge in [0.2, 0.25) is 0 Å². The van der Waals surface area contributed by atoms with Gasteiger partial charge in [-0.1, -0.05) is 0 Å². The molecule has 1 aromatic rings. The average Bonchev–Trinajstić information content (AvgIpc) is 3.16. The van der Waals surface area contributed by atoms with Crippen LogP contribution in [0.25, 0.3) is 0 Å². The molecule has 0 radical (unpaired) electrons. The molecular weight excluding hydrogens is 262 g/mol. The van der Waals surface area contributed by atoms with Gasteiger partial charge in [0, 0.05) is 30.4 Å². The molecule has 0 amide bonds. The number of nitrogens with zero attached hydrogens (tertiary/aromatic N) is 1. The Morgan fingerprint density at radius 1 is 1.25 bits per heavy atom. The van der Waals surface area contributed by atoms with Crippen LogP contribution in [0.1, 0.15) is 26.2 Å². The van der Waals surface area contributed by atoms with Crippen molar-refractivity contribution >= 4 is 5.69 Å². The van der Waals surface area contributed by atoms with Gasteiger partial charge in [-0.2, -0.15) is 8.78 Å². The molecule has 1 aromatic carbocycles. The molecule has 0 bridgehead atoms. The molecule has 0 aromatic heterocycles. The highest BCUT2D eigenvalue weighted by Gasteiger charge is 2.38. The Kier molecular flexibility index (Phi) is 3.78. The molecule has 1 N–H and O–H groups in total. The van der Waals surface area contributed by atoms with E-state index in [4.69, 9.17) is 0 Å². The summed E-state index contributed by atoms with van der Waals surface area (Å²) >= 11 is 0. The van der Waals surface area contributed by atoms with Crippen LogP contribution in [0.15, 0.2) is 24.3 Å². The van der Waals surface area contributed by atoms with Crippen LogP contribution in [0, 0.1) is 0 Å². The van der Waals surface area contributed by atoms with Crippen LogP contribution in [0.2, 0.25) is 0 Å². The average molecular weight is 282 g/mol. The van der Waals surface area contributed by atoms with Crippen molar-refractivity contribution in [2.75, 3.05) is 11.9 Å². The van der Waals surface area contributed by atoms with Crippen molar-refractivity contribution in [3.05, 3.63) is 24.3 Å². The zero-order chi connectivity index (χ0) is 14.1. The Morgan fingerprint density at radius 2 is 1.95 bits per heavy atom. The van der Waals surface area contributed by atoms with Crippen LogP contribution in [0.5, 0.6) is 5.75 Å². The number of nitrogens with one attached hydrogen (secondary N) is 1. The van der Waals surface area contributed by atoms with Crippen LogP contribution < -0.4 is 10.1 Å². The van der Waals surface area contributed by atoms with Gasteiger partial charge < -0.3 is 10.1 Å². The summed E-state index contributed by atoms with van der Waals surface area (Å²) in [4.78, 5) is 2.58. The molecule has 5 heteroatoms. The normalized spacial score (nSPS) is 27.0. The van der Waals surface area contributed by atoms with Crippen molar-refractivity contribution < 1.29 is 13.5 Å². The maximum Gasteiger partial charge on any atom is 0.387 e. The summed E-state index contributed by atoms with van der Waals surface area (Å²) in [6.45, 7) is 0.581. The Bertz CT molecular complexity index is 448. The van der Waals surface area contributed by atoms with Gasteiger partial charge in [-0.15, -0.1) is 0 Å². The number of halogens is 2. The van der Waals surface area contributed by atoms with Gasteiger partial charge in [-0.3, -0.25) is 4.90 Å². The smallest absolute Gasteiger partial charge is 0.387 e. The minimum atomic E-state index is -2.77. The van der Waals surface area contributed by atoms with Gasteiger partial charge in [0.05, 0.1) is 0 Å². The Balaban J connectivity index is 1.55. The fraction of sp³-hybridized carbons (Fsp3) is 0.600. The Labute approximate surface area is 117 Å². The fourth-order valence-corrected chi connectivity index (χ4v) is 3.04. The predicted octanol–water partition coefficient (Wildman–Crippen LogP) is 3.33. The first kappa shape index (κ1) is 13.6. The lowest BCUT2D eigenvalue weighted by atomic mass is 10.2. The number of hydrogen-bond acceptors (Lipinski definition) is 3. The van der Waals surface area contributed by atoms with E-state index in [2.05, 4.69) is 21.9 Å². The van der Waals surface area contributed by atoms with E-state index in [-0.39, 0.29) is 5.75 Å². The zero-order valence-electron chi connectivity index (χ0n) is 11.6. The summed E-state index contributed by atoms with van der Waals surface area (Å²) in [7, 11) is 0. The van der Waals surface area contributed by atoms with E-state index in [0.717, 1.165) is 24.7 Å². The van der Waals surface area contributed by atoms with Gasteiger partial charge in [0.1, 0.15) is 5.75 Å². The van der Waals surface area contributed by atoms with Gasteiger partial charge >= 0.3 is 6.61 Å². The molecular formula is C15H20F2N2O. The third-order valence-corrected chi connectivity index (χ3v) is 4.09. The lowest BCUT2D eigenvalue weighted by Gasteiger charge is -2.20. The van der Waals surface area contributed by atoms with E-state index in [9.17, 15) is 8.78 Å². The molecule has 1 saturated carbocycles. The second-order valence-corrected chi connectivity index (χ2v) is 5.76. The van der Waals surface area contributed by atoms with Gasteiger partial charge in [0.25, 0.3) is 0 Å². The monoisotopic (exact) mass is 282 g/mol. The van der Waals surface area contributed by atoms with Crippen molar-refractivity contribution in [1.29, 1.82) is 0 Å². The van der Waals surface area contributed by atoms with E-state index in [1.54, 1.807) is 24.3 Å². The van der Waals surface area contributed by atoms with Crippen molar-refractivity contribution in [1.82, 2.24) is 4.90 Å². The number of benzene rings is 1. The van der Waals surface area contributed by atoms with Crippen LogP contribution >= 0.6 is 0 Å². The number of rotatable bonds is 5. The highest BCUT2D eigenvalue weighted by Crippen LogP contribution is 2.34. The Hall–Kier alpha value is -1.36. The number of alkyl halides is 2. The molecule has 1 aliphatic carbocycles. The number of anilines is 1. The molecule has 1 saturated heterocycles. The van der Waals surface area contributed by atoms with Gasteiger partial charge in [-0.25, -0.2) is 0 Å². The molecule has 1 heterocycles. The van der Waals surface area contributed by atoms with Crippen LogP contribution in [0.4, 0.5) is 14.5 Å². The SMILES string of the molecule is CC1CC(Nc2ccc(OC(F)F)cc2)CN1C1CC1. The number of hydrogen-bond donors (Lipinski definition) is 1. The minimum Gasteiger partial charge on any atom is -0.435 e. The number of likely N-dealkylation sites (tertiary alicyclic amines) is 1. The standard InChI is InChI=1S/C15H20F2N2O/c1-10-8-12(9-19(10)13-4-5-13)18-11-2-6-14(7-3-11)20-15(16)17/h2-3,6-7,10,12-13,15,18H,4-5,8-9H2,1H3. The van der Waals surface area contributed by atoms with E-state index >= 15 is 0 Å². The fourth-order valence-electron chi connectivity index (χ4n) is 3.04. The van der Waals surface area contributed by atoms with Gasteiger partial charge in [-0.05, 0) is 50.5 Å². The van der Waals surface area contributed by atoms with Crippen molar-refractivity contribution in [3.8, 4) is 5.75 Å². The molecule has 2 unspecified atom stereocenters. The van der Waals surface area contributed by atoms with Crippen molar-refractivity contribution in [2.24, 2.45) is 0 Å². The maximum atomic E-state index is 12.1. The highest BCUT2D eigenvalue weighted by molar-refractivity contribution is 5.47. The first-order chi connectivity index (χ1) is 9.61. The van der Waals surface area contributed by atoms with E-state index < -0.39 is 6.61 Å². The lowest BCUT2D eigenvalue weighted by molar-refractivity contribution is -0.0498. The van der Waals surface area contributed by atoms with E-state index in [1.807, 2.05) is 0 Å². The topological polar surface area (TPSA) is 24.5 Å². The zero-order valence-corrected chi connectivity index (χ0v) is 11.6. The quantitative estimate of drug-likeness (QED) is 0.896. The van der Waals surface area contributed by atoms with Crippen LogP contribution in [-0.2, 0) is 0 Å². The first-order valence-electron chi connectivity index (χ1n) is 7.19. The molecule has 3 nitrogen and oxygen atoms in total. The molecule has 2 atom stereocenters. The first-order valence-corrected chi connectivity index (χ1v) is 7.19. The maximum absolute atomic E-state index is 12.1. The minimum absolute atomic E-state index is 0.199. The summed E-state index contributed by atoms with van der Waals surface area (Å²) in [5.74, 6) is 0.199. The molecule has 110 valence electrons. The summed E-state index contributed by atoms with van der Waals surface area (Å²) in [6, 6.07) is 8.59. The summed E-state index contributed by atoms with van der Waals surface area (Å²) in [6.07, 6.45) is 3.79. The lowest BCUT2D eigenvalue weighted by Crippen LogP contribution is -2.30. The third-order valence-electron chi connectivity index (χ3n) is 4.09. The van der Waals surface area contributed by atoms with Crippen LogP contribution in [0.3, 0.4) is 0 Å². The Morgan fingerprint density at radius 3 is 2.55 bits per heavy atom. The predicted molar refractivity (Wildman–Crippen MR) is 74.3 cm³/mol. The van der Waals surface area contributed by atoms with E-state index in [0.29, 0.717) is 12.1 Å². The summed E-state index contributed by atoms with van der Waals surface area (Å²) < 4.78 is 28.5. The third kappa shape index (κ3) is 3.20. The second kappa shape index (κ2) is 5.56. The second-order valence-electron chi connectivity index (χ2n) is 5.76. The van der Waals surface area contributed by atoms with Crippen LogP contribution in [-0.4, -0.2) is 36.2 Å². The van der Waals surface area contributed by atoms with Crippen molar-refractivity contribution in [2.45, 2.75) is 50.9 Å². The molecule has 3 rings (SSSR count). The number of ether oxygens (including phenoxy) is 1. The van der Waals surface area contributed by atoms with Crippen molar-refractivity contribution in [3.63, 3.8) is 0 Å². The molecule has 2 fully saturated rings. The van der Waals surface area contributed by atoms with E-state index in [1.165, 1.54) is 12.8 Å². The summed E-state index contributed by atoms with van der Waals surface area (Å²) in [5, 5.41) is 3.48. The molecule has 1 aliphatic heterocycles. The summed E-state index contributed by atoms with van der Waals surface area (Å²) in [5.41, 5.74) is 0.960. The molecule has 2 aliphatic rings.